The fourth-order valence-corrected chi connectivity index (χ4v) is 3.72. The molecule has 184 valence electrons. The highest BCUT2D eigenvalue weighted by Gasteiger charge is 2.24. The Bertz CT molecular complexity index is 1140. The van der Waals surface area contributed by atoms with Gasteiger partial charge in [0, 0.05) is 24.5 Å². The van der Waals surface area contributed by atoms with E-state index in [4.69, 9.17) is 23.9 Å². The third-order valence-electron chi connectivity index (χ3n) is 5.35. The zero-order valence-electron chi connectivity index (χ0n) is 20.5. The molecule has 1 fully saturated rings. The molecule has 2 aromatic heterocycles. The number of hydrogen-bond donors (Lipinski definition) is 1. The number of rotatable bonds is 8. The number of anilines is 1. The van der Waals surface area contributed by atoms with Crippen molar-refractivity contribution >= 4 is 11.7 Å². The van der Waals surface area contributed by atoms with Crippen LogP contribution in [0.1, 0.15) is 54.8 Å². The third kappa shape index (κ3) is 6.48. The first-order chi connectivity index (χ1) is 16.8. The van der Waals surface area contributed by atoms with Crippen molar-refractivity contribution in [1.82, 2.24) is 9.97 Å². The molecule has 0 aliphatic carbocycles. The monoisotopic (exact) mass is 477 g/mol. The summed E-state index contributed by atoms with van der Waals surface area (Å²) < 4.78 is 22.6. The van der Waals surface area contributed by atoms with E-state index >= 15 is 0 Å². The minimum Gasteiger partial charge on any atom is -0.491 e. The van der Waals surface area contributed by atoms with Crippen molar-refractivity contribution in [2.45, 2.75) is 44.9 Å². The first-order valence-corrected chi connectivity index (χ1v) is 11.6. The van der Waals surface area contributed by atoms with Crippen molar-refractivity contribution < 1.29 is 23.7 Å². The van der Waals surface area contributed by atoms with Crippen molar-refractivity contribution in [2.24, 2.45) is 0 Å². The number of methoxy groups -OCH3 is 1. The molecule has 2 unspecified atom stereocenters. The Labute approximate surface area is 205 Å². The lowest BCUT2D eigenvalue weighted by Crippen LogP contribution is -2.24. The molecule has 0 bridgehead atoms. The Kier molecular flexibility index (Phi) is 7.51. The molecule has 0 saturated carbocycles. The molecule has 8 nitrogen and oxygen atoms in total. The number of hydrogen-bond acceptors (Lipinski definition) is 8. The maximum Gasteiger partial charge on any atom is 0.338 e. The van der Waals surface area contributed by atoms with Crippen molar-refractivity contribution in [2.75, 3.05) is 25.6 Å². The number of pyridine rings is 2. The summed E-state index contributed by atoms with van der Waals surface area (Å²) in [6.07, 6.45) is 4.24. The molecule has 4 rings (SSSR count). The van der Waals surface area contributed by atoms with E-state index < -0.39 is 5.60 Å². The number of carbonyl (C=O) groups is 1. The normalized spacial score (nSPS) is 16.4. The SMILES string of the molecule is COc1ccc(C(Nc2cccc(C(=O)OC(C)(C)C)c2)c2cccnc2)nc1OC1CCOC1. The van der Waals surface area contributed by atoms with Gasteiger partial charge in [-0.15, -0.1) is 0 Å². The van der Waals surface area contributed by atoms with E-state index in [-0.39, 0.29) is 18.1 Å². The van der Waals surface area contributed by atoms with Crippen LogP contribution in [0.4, 0.5) is 5.69 Å². The molecule has 1 aromatic carbocycles. The second kappa shape index (κ2) is 10.7. The first-order valence-electron chi connectivity index (χ1n) is 11.6. The summed E-state index contributed by atoms with van der Waals surface area (Å²) in [7, 11) is 1.59. The molecule has 3 heterocycles. The van der Waals surface area contributed by atoms with E-state index in [0.717, 1.165) is 23.4 Å². The molecule has 0 radical (unpaired) electrons. The smallest absolute Gasteiger partial charge is 0.338 e. The first kappa shape index (κ1) is 24.5. The zero-order valence-corrected chi connectivity index (χ0v) is 20.5. The van der Waals surface area contributed by atoms with Gasteiger partial charge in [0.2, 0.25) is 0 Å². The van der Waals surface area contributed by atoms with Crippen molar-refractivity contribution in [3.8, 4) is 11.6 Å². The van der Waals surface area contributed by atoms with Crippen LogP contribution in [0.5, 0.6) is 11.6 Å². The summed E-state index contributed by atoms with van der Waals surface area (Å²) in [5.41, 5.74) is 2.25. The van der Waals surface area contributed by atoms with Crippen molar-refractivity contribution in [1.29, 1.82) is 0 Å². The van der Waals surface area contributed by atoms with E-state index in [1.807, 2.05) is 57.2 Å². The summed E-state index contributed by atoms with van der Waals surface area (Å²) in [5, 5.41) is 3.50. The minimum atomic E-state index is -0.577. The number of nitrogens with one attached hydrogen (secondary N) is 1. The van der Waals surface area contributed by atoms with E-state index in [2.05, 4.69) is 10.3 Å². The van der Waals surface area contributed by atoms with Crippen LogP contribution >= 0.6 is 0 Å². The average Bonchev–Trinajstić information content (AvgIpc) is 3.35. The predicted octanol–water partition coefficient (Wildman–Crippen LogP) is 4.81. The number of esters is 1. The van der Waals surface area contributed by atoms with Gasteiger partial charge in [-0.3, -0.25) is 4.98 Å². The minimum absolute atomic E-state index is 0.0676. The second-order valence-corrected chi connectivity index (χ2v) is 9.29. The molecule has 1 aliphatic heterocycles. The third-order valence-corrected chi connectivity index (χ3v) is 5.35. The Morgan fingerprint density at radius 1 is 1.17 bits per heavy atom. The van der Waals surface area contributed by atoms with Gasteiger partial charge >= 0.3 is 5.97 Å². The standard InChI is InChI=1S/C27H31N3O5/c1-27(2,3)35-26(31)18-7-5-9-20(15-18)29-24(19-8-6-13-28-16-19)22-10-11-23(32-4)25(30-22)34-21-12-14-33-17-21/h5-11,13,15-16,21,24,29H,12,14,17H2,1-4H3. The van der Waals surface area contributed by atoms with Gasteiger partial charge in [-0.1, -0.05) is 12.1 Å². The van der Waals surface area contributed by atoms with Crippen LogP contribution in [0.15, 0.2) is 60.9 Å². The van der Waals surface area contributed by atoms with E-state index in [9.17, 15) is 4.79 Å². The van der Waals surface area contributed by atoms with E-state index in [1.165, 1.54) is 0 Å². The molecule has 2 atom stereocenters. The fraction of sp³-hybridized carbons (Fsp3) is 0.370. The van der Waals surface area contributed by atoms with Gasteiger partial charge in [0.15, 0.2) is 5.75 Å². The lowest BCUT2D eigenvalue weighted by molar-refractivity contribution is 0.00695. The largest absolute Gasteiger partial charge is 0.491 e. The molecular weight excluding hydrogens is 446 g/mol. The Balaban J connectivity index is 1.65. The van der Waals surface area contributed by atoms with Crippen LogP contribution in [-0.2, 0) is 9.47 Å². The van der Waals surface area contributed by atoms with Crippen LogP contribution in [0.3, 0.4) is 0 Å². The van der Waals surface area contributed by atoms with Crippen molar-refractivity contribution in [3.63, 3.8) is 0 Å². The topological polar surface area (TPSA) is 91.8 Å². The number of ether oxygens (including phenoxy) is 4. The maximum atomic E-state index is 12.6. The van der Waals surface area contributed by atoms with Crippen molar-refractivity contribution in [3.05, 3.63) is 77.7 Å². The predicted molar refractivity (Wildman–Crippen MR) is 132 cm³/mol. The number of aromatic nitrogens is 2. The fourth-order valence-electron chi connectivity index (χ4n) is 3.72. The quantitative estimate of drug-likeness (QED) is 0.462. The zero-order chi connectivity index (χ0) is 24.8. The Hall–Kier alpha value is -3.65. The number of carbonyl (C=O) groups excluding carboxylic acids is 1. The van der Waals surface area contributed by atoms with Gasteiger partial charge in [-0.05, 0) is 62.7 Å². The molecule has 3 aromatic rings. The van der Waals surface area contributed by atoms with Crippen LogP contribution in [0, 0.1) is 0 Å². The lowest BCUT2D eigenvalue weighted by Gasteiger charge is -2.23. The molecule has 1 N–H and O–H groups in total. The van der Waals surface area contributed by atoms with Gasteiger partial charge in [0.1, 0.15) is 11.7 Å². The molecule has 1 aliphatic rings. The van der Waals surface area contributed by atoms with E-state index in [0.29, 0.717) is 30.4 Å². The van der Waals surface area contributed by atoms with Crippen LogP contribution < -0.4 is 14.8 Å². The van der Waals surface area contributed by atoms with Crippen LogP contribution in [-0.4, -0.2) is 48.0 Å². The molecule has 0 amide bonds. The highest BCUT2D eigenvalue weighted by Crippen LogP contribution is 2.32. The van der Waals surface area contributed by atoms with Gasteiger partial charge in [0.25, 0.3) is 5.88 Å². The number of nitrogens with zero attached hydrogens (tertiary/aromatic N) is 2. The van der Waals surface area contributed by atoms with Crippen LogP contribution in [0.2, 0.25) is 0 Å². The molecule has 0 spiro atoms. The highest BCUT2D eigenvalue weighted by atomic mass is 16.6. The van der Waals surface area contributed by atoms with Gasteiger partial charge in [0.05, 0.1) is 37.6 Å². The maximum absolute atomic E-state index is 12.6. The molecule has 35 heavy (non-hydrogen) atoms. The summed E-state index contributed by atoms with van der Waals surface area (Å²) in [4.78, 5) is 21.7. The molecular formula is C27H31N3O5. The summed E-state index contributed by atoms with van der Waals surface area (Å²) >= 11 is 0. The van der Waals surface area contributed by atoms with Gasteiger partial charge in [-0.25, -0.2) is 9.78 Å². The van der Waals surface area contributed by atoms with Crippen LogP contribution in [0.25, 0.3) is 0 Å². The summed E-state index contributed by atoms with van der Waals surface area (Å²) in [5.74, 6) is 0.590. The van der Waals surface area contributed by atoms with Gasteiger partial charge in [-0.2, -0.15) is 0 Å². The summed E-state index contributed by atoms with van der Waals surface area (Å²) in [6.45, 7) is 6.73. The number of benzene rings is 1. The average molecular weight is 478 g/mol. The summed E-state index contributed by atoms with van der Waals surface area (Å²) in [6, 6.07) is 14.4. The Morgan fingerprint density at radius 3 is 2.71 bits per heavy atom. The molecule has 1 saturated heterocycles. The lowest BCUT2D eigenvalue weighted by atomic mass is 10.0. The molecule has 8 heteroatoms. The highest BCUT2D eigenvalue weighted by molar-refractivity contribution is 5.90. The second-order valence-electron chi connectivity index (χ2n) is 9.29. The Morgan fingerprint density at radius 2 is 2.03 bits per heavy atom. The van der Waals surface area contributed by atoms with E-state index in [1.54, 1.807) is 31.6 Å². The van der Waals surface area contributed by atoms with Gasteiger partial charge < -0.3 is 24.3 Å².